The summed E-state index contributed by atoms with van der Waals surface area (Å²) < 4.78 is 10.9. The molecule has 5 heteroatoms. The molecule has 1 aliphatic heterocycles. The van der Waals surface area contributed by atoms with Gasteiger partial charge in [-0.15, -0.1) is 11.3 Å². The molecule has 1 saturated heterocycles. The molecule has 0 radical (unpaired) electrons. The summed E-state index contributed by atoms with van der Waals surface area (Å²) in [5, 5.41) is 0. The van der Waals surface area contributed by atoms with Crippen LogP contribution in [0.2, 0.25) is 0 Å². The quantitative estimate of drug-likeness (QED) is 0.839. The van der Waals surface area contributed by atoms with Crippen LogP contribution >= 0.6 is 11.3 Å². The molecule has 1 atom stereocenters. The molecule has 4 nitrogen and oxygen atoms in total. The number of carbonyl (C=O) groups is 1. The Morgan fingerprint density at radius 2 is 2.12 bits per heavy atom. The van der Waals surface area contributed by atoms with E-state index in [-0.39, 0.29) is 12.0 Å². The van der Waals surface area contributed by atoms with Gasteiger partial charge in [-0.25, -0.2) is 0 Å². The fourth-order valence-electron chi connectivity index (χ4n) is 3.50. The van der Waals surface area contributed by atoms with Crippen molar-refractivity contribution in [3.8, 4) is 16.2 Å². The molecule has 2 aromatic rings. The Bertz CT molecular complexity index is 783. The van der Waals surface area contributed by atoms with Crippen LogP contribution in [-0.4, -0.2) is 43.7 Å². The molecule has 2 heterocycles. The molecule has 2 aliphatic rings. The molecule has 1 unspecified atom stereocenters. The van der Waals surface area contributed by atoms with Crippen LogP contribution in [0.4, 0.5) is 0 Å². The van der Waals surface area contributed by atoms with Crippen LogP contribution in [-0.2, 0) is 17.6 Å². The third-order valence-corrected chi connectivity index (χ3v) is 5.97. The number of thiophene rings is 1. The van der Waals surface area contributed by atoms with Crippen molar-refractivity contribution in [3.63, 3.8) is 0 Å². The van der Waals surface area contributed by atoms with E-state index in [0.717, 1.165) is 23.5 Å². The van der Waals surface area contributed by atoms with Crippen molar-refractivity contribution >= 4 is 17.2 Å². The number of amides is 1. The molecule has 0 saturated carbocycles. The lowest BCUT2D eigenvalue weighted by molar-refractivity contribution is -0.0122. The van der Waals surface area contributed by atoms with E-state index < -0.39 is 0 Å². The Balaban J connectivity index is 1.65. The SMILES string of the molecule is COc1ccc2c(c1)CCc1cc(C(=O)N3CCOC(C)C3)sc1-2. The Morgan fingerprint density at radius 3 is 2.92 bits per heavy atom. The lowest BCUT2D eigenvalue weighted by Gasteiger charge is -2.30. The zero-order chi connectivity index (χ0) is 16.7. The number of ether oxygens (including phenoxy) is 2. The molecule has 1 aromatic heterocycles. The maximum atomic E-state index is 12.8. The molecule has 1 aliphatic carbocycles. The average molecular weight is 343 g/mol. The first-order valence-electron chi connectivity index (χ1n) is 8.36. The number of morpholine rings is 1. The van der Waals surface area contributed by atoms with Gasteiger partial charge in [-0.2, -0.15) is 0 Å². The second-order valence-corrected chi connectivity index (χ2v) is 7.47. The van der Waals surface area contributed by atoms with Crippen LogP contribution in [0.25, 0.3) is 10.4 Å². The van der Waals surface area contributed by atoms with Gasteiger partial charge < -0.3 is 14.4 Å². The second-order valence-electron chi connectivity index (χ2n) is 6.42. The highest BCUT2D eigenvalue weighted by molar-refractivity contribution is 7.17. The zero-order valence-corrected chi connectivity index (χ0v) is 14.8. The highest BCUT2D eigenvalue weighted by Crippen LogP contribution is 2.41. The van der Waals surface area contributed by atoms with Crippen LogP contribution in [0.5, 0.6) is 5.75 Å². The lowest BCUT2D eigenvalue weighted by atomic mass is 9.91. The van der Waals surface area contributed by atoms with Crippen LogP contribution in [0.15, 0.2) is 24.3 Å². The van der Waals surface area contributed by atoms with Gasteiger partial charge in [0.2, 0.25) is 0 Å². The maximum absolute atomic E-state index is 12.8. The summed E-state index contributed by atoms with van der Waals surface area (Å²) in [6, 6.07) is 8.32. The third kappa shape index (κ3) is 2.72. The number of aryl methyl sites for hydroxylation is 2. The van der Waals surface area contributed by atoms with Crippen LogP contribution in [0, 0.1) is 0 Å². The van der Waals surface area contributed by atoms with Gasteiger partial charge in [0.05, 0.1) is 24.7 Å². The minimum Gasteiger partial charge on any atom is -0.497 e. The molecule has 0 bridgehead atoms. The summed E-state index contributed by atoms with van der Waals surface area (Å²) in [6.45, 7) is 4.00. The van der Waals surface area contributed by atoms with Crippen molar-refractivity contribution in [1.29, 1.82) is 0 Å². The van der Waals surface area contributed by atoms with Gasteiger partial charge in [-0.05, 0) is 60.7 Å². The molecule has 4 rings (SSSR count). The standard InChI is InChI=1S/C19H21NO3S/c1-12-11-20(7-8-23-12)19(21)17-10-14-4-3-13-9-15(22-2)5-6-16(13)18(14)24-17/h5-6,9-10,12H,3-4,7-8,11H2,1-2H3. The Kier molecular flexibility index (Phi) is 4.06. The predicted octanol–water partition coefficient (Wildman–Crippen LogP) is 3.38. The first-order valence-corrected chi connectivity index (χ1v) is 9.18. The van der Waals surface area contributed by atoms with Crippen LogP contribution in [0.1, 0.15) is 27.7 Å². The van der Waals surface area contributed by atoms with E-state index in [0.29, 0.717) is 19.7 Å². The van der Waals surface area contributed by atoms with E-state index in [9.17, 15) is 4.79 Å². The predicted molar refractivity (Wildman–Crippen MR) is 95.0 cm³/mol. The van der Waals surface area contributed by atoms with E-state index in [4.69, 9.17) is 9.47 Å². The largest absolute Gasteiger partial charge is 0.497 e. The number of hydrogen-bond acceptors (Lipinski definition) is 4. The van der Waals surface area contributed by atoms with E-state index in [1.807, 2.05) is 17.9 Å². The number of fused-ring (bicyclic) bond motifs is 3. The number of rotatable bonds is 2. The molecule has 1 amide bonds. The molecular weight excluding hydrogens is 322 g/mol. The van der Waals surface area contributed by atoms with Crippen molar-refractivity contribution in [2.45, 2.75) is 25.9 Å². The summed E-state index contributed by atoms with van der Waals surface area (Å²) in [5.74, 6) is 1.03. The number of benzene rings is 1. The topological polar surface area (TPSA) is 38.8 Å². The Morgan fingerprint density at radius 1 is 1.29 bits per heavy atom. The third-order valence-electron chi connectivity index (χ3n) is 4.77. The first kappa shape index (κ1) is 15.7. The van der Waals surface area contributed by atoms with E-state index in [1.165, 1.54) is 21.6 Å². The van der Waals surface area contributed by atoms with Gasteiger partial charge in [-0.3, -0.25) is 4.79 Å². The Hall–Kier alpha value is -1.85. The molecule has 0 N–H and O–H groups in total. The zero-order valence-electron chi connectivity index (χ0n) is 14.0. The molecular formula is C19H21NO3S. The summed E-state index contributed by atoms with van der Waals surface area (Å²) in [4.78, 5) is 16.8. The monoisotopic (exact) mass is 343 g/mol. The molecule has 1 aromatic carbocycles. The minimum atomic E-state index is 0.116. The fraction of sp³-hybridized carbons (Fsp3) is 0.421. The van der Waals surface area contributed by atoms with E-state index in [1.54, 1.807) is 18.4 Å². The van der Waals surface area contributed by atoms with E-state index in [2.05, 4.69) is 18.2 Å². The maximum Gasteiger partial charge on any atom is 0.264 e. The van der Waals surface area contributed by atoms with E-state index >= 15 is 0 Å². The van der Waals surface area contributed by atoms with Gasteiger partial charge in [-0.1, -0.05) is 0 Å². The molecule has 1 fully saturated rings. The van der Waals surface area contributed by atoms with Gasteiger partial charge in [0, 0.05) is 18.0 Å². The van der Waals surface area contributed by atoms with Crippen molar-refractivity contribution < 1.29 is 14.3 Å². The highest BCUT2D eigenvalue weighted by Gasteiger charge is 2.27. The minimum absolute atomic E-state index is 0.116. The lowest BCUT2D eigenvalue weighted by Crippen LogP contribution is -2.44. The summed E-state index contributed by atoms with van der Waals surface area (Å²) >= 11 is 1.62. The fourth-order valence-corrected chi connectivity index (χ4v) is 4.74. The summed E-state index contributed by atoms with van der Waals surface area (Å²) in [7, 11) is 1.70. The van der Waals surface area contributed by atoms with Crippen LogP contribution in [0.3, 0.4) is 0 Å². The molecule has 126 valence electrons. The highest BCUT2D eigenvalue weighted by atomic mass is 32.1. The van der Waals surface area contributed by atoms with Crippen LogP contribution < -0.4 is 4.74 Å². The summed E-state index contributed by atoms with van der Waals surface area (Å²) in [6.07, 6.45) is 2.10. The van der Waals surface area contributed by atoms with Gasteiger partial charge in [0.15, 0.2) is 0 Å². The van der Waals surface area contributed by atoms with Crippen molar-refractivity contribution in [1.82, 2.24) is 4.90 Å². The molecule has 0 spiro atoms. The number of methoxy groups -OCH3 is 1. The smallest absolute Gasteiger partial charge is 0.264 e. The Labute approximate surface area is 146 Å². The van der Waals surface area contributed by atoms with Crippen molar-refractivity contribution in [2.24, 2.45) is 0 Å². The van der Waals surface area contributed by atoms with Gasteiger partial charge in [0.1, 0.15) is 5.75 Å². The number of nitrogens with zero attached hydrogens (tertiary/aromatic N) is 1. The van der Waals surface area contributed by atoms with Crippen molar-refractivity contribution in [2.75, 3.05) is 26.8 Å². The van der Waals surface area contributed by atoms with Gasteiger partial charge >= 0.3 is 0 Å². The molecule has 24 heavy (non-hydrogen) atoms. The summed E-state index contributed by atoms with van der Waals surface area (Å²) in [5.41, 5.74) is 3.85. The van der Waals surface area contributed by atoms with Gasteiger partial charge in [0.25, 0.3) is 5.91 Å². The number of carbonyl (C=O) groups excluding carboxylic acids is 1. The second kappa shape index (κ2) is 6.22. The normalized spacial score (nSPS) is 19.6. The number of hydrogen-bond donors (Lipinski definition) is 0. The van der Waals surface area contributed by atoms with Crippen molar-refractivity contribution in [3.05, 3.63) is 40.3 Å². The average Bonchev–Trinajstić information content (AvgIpc) is 3.05. The first-order chi connectivity index (χ1) is 11.7.